The van der Waals surface area contributed by atoms with Gasteiger partial charge in [0.25, 0.3) is 0 Å². The van der Waals surface area contributed by atoms with E-state index in [2.05, 4.69) is 20.6 Å². The van der Waals surface area contributed by atoms with Crippen molar-refractivity contribution in [1.82, 2.24) is 5.32 Å². The normalized spacial score (nSPS) is 14.8. The van der Waals surface area contributed by atoms with Crippen LogP contribution in [-0.2, 0) is 6.42 Å². The molecule has 2 aromatic carbocycles. The smallest absolute Gasteiger partial charge is 0.197 e. The summed E-state index contributed by atoms with van der Waals surface area (Å²) in [7, 11) is 3.28. The maximum Gasteiger partial charge on any atom is 0.197 e. The highest BCUT2D eigenvalue weighted by Gasteiger charge is 2.17. The molecule has 6 nitrogen and oxygen atoms in total. The molecule has 3 rings (SSSR count). The number of hydrogen-bond donors (Lipinski definition) is 2. The van der Waals surface area contributed by atoms with Gasteiger partial charge in [0.2, 0.25) is 0 Å². The topological polar surface area (TPSA) is 67.2 Å². The fourth-order valence-electron chi connectivity index (χ4n) is 2.64. The van der Waals surface area contributed by atoms with E-state index in [-0.39, 0.29) is 5.02 Å². The van der Waals surface area contributed by atoms with Crippen LogP contribution in [-0.4, -0.2) is 31.1 Å². The Balaban J connectivity index is 1.47. The van der Waals surface area contributed by atoms with Crippen molar-refractivity contribution in [3.8, 4) is 11.5 Å². The number of nitrogens with one attached hydrogen (secondary N) is 2. The van der Waals surface area contributed by atoms with Crippen LogP contribution in [0.3, 0.4) is 0 Å². The molecule has 0 fully saturated rings. The van der Waals surface area contributed by atoms with Crippen molar-refractivity contribution in [3.63, 3.8) is 0 Å². The first-order chi connectivity index (χ1) is 14.5. The Labute approximate surface area is 184 Å². The molecule has 0 bridgehead atoms. The Bertz CT molecular complexity index is 1010. The summed E-state index contributed by atoms with van der Waals surface area (Å²) in [5.41, 5.74) is 2.70. The van der Waals surface area contributed by atoms with E-state index in [1.807, 2.05) is 25.1 Å². The van der Waals surface area contributed by atoms with E-state index >= 15 is 0 Å². The Kier molecular flexibility index (Phi) is 7.59. The van der Waals surface area contributed by atoms with Gasteiger partial charge in [-0.1, -0.05) is 17.7 Å². The number of nitrogens with zero attached hydrogens (tertiary/aromatic N) is 2. The predicted molar refractivity (Wildman–Crippen MR) is 123 cm³/mol. The van der Waals surface area contributed by atoms with Gasteiger partial charge in [-0.15, -0.1) is 0 Å². The molecule has 0 radical (unpaired) electrons. The monoisotopic (exact) mass is 448 g/mol. The van der Waals surface area contributed by atoms with Gasteiger partial charge in [-0.05, 0) is 54.9 Å². The Morgan fingerprint density at radius 2 is 2.03 bits per heavy atom. The molecule has 0 aromatic heterocycles. The second-order valence-electron chi connectivity index (χ2n) is 6.35. The number of methoxy groups -OCH3 is 2. The zero-order valence-corrected chi connectivity index (χ0v) is 18.4. The van der Waals surface area contributed by atoms with Gasteiger partial charge >= 0.3 is 0 Å². The van der Waals surface area contributed by atoms with Crippen molar-refractivity contribution in [1.29, 1.82) is 0 Å². The third-order valence-electron chi connectivity index (χ3n) is 4.22. The summed E-state index contributed by atoms with van der Waals surface area (Å²) in [5.74, 6) is 1.12. The highest BCUT2D eigenvalue weighted by Crippen LogP contribution is 2.26. The second kappa shape index (κ2) is 10.4. The summed E-state index contributed by atoms with van der Waals surface area (Å²) in [4.78, 5) is 8.62. The van der Waals surface area contributed by atoms with Gasteiger partial charge in [-0.2, -0.15) is 4.99 Å². The average Bonchev–Trinajstić information content (AvgIpc) is 2.72. The lowest BCUT2D eigenvalue weighted by atomic mass is 10.1. The summed E-state index contributed by atoms with van der Waals surface area (Å²) in [6.45, 7) is 2.69. The van der Waals surface area contributed by atoms with Gasteiger partial charge in [0, 0.05) is 30.2 Å². The number of ether oxygens (including phenoxy) is 2. The SMILES string of the molecule is COc1ccc(CCN/C(C)=C\N=C2N=C(Nc3ccc(F)c(Cl)c3)S2)c(OC)c1. The molecule has 158 valence electrons. The van der Waals surface area contributed by atoms with Gasteiger partial charge < -0.3 is 20.1 Å². The maximum atomic E-state index is 13.2. The fraction of sp³-hybridized carbons (Fsp3) is 0.238. The Hall–Kier alpha value is -2.71. The van der Waals surface area contributed by atoms with E-state index in [0.717, 1.165) is 35.7 Å². The highest BCUT2D eigenvalue weighted by atomic mass is 35.5. The van der Waals surface area contributed by atoms with E-state index in [9.17, 15) is 4.39 Å². The molecule has 1 aliphatic heterocycles. The van der Waals surface area contributed by atoms with Crippen molar-refractivity contribution in [2.24, 2.45) is 9.98 Å². The number of rotatable bonds is 8. The third-order valence-corrected chi connectivity index (χ3v) is 5.27. The molecule has 9 heteroatoms. The molecule has 0 aliphatic carbocycles. The van der Waals surface area contributed by atoms with E-state index in [1.54, 1.807) is 26.5 Å². The highest BCUT2D eigenvalue weighted by molar-refractivity contribution is 8.29. The number of thioether (sulfide) groups is 1. The Morgan fingerprint density at radius 1 is 1.23 bits per heavy atom. The number of anilines is 1. The van der Waals surface area contributed by atoms with E-state index in [0.29, 0.717) is 16.0 Å². The van der Waals surface area contributed by atoms with Crippen LogP contribution in [0.5, 0.6) is 11.5 Å². The minimum absolute atomic E-state index is 0.0655. The summed E-state index contributed by atoms with van der Waals surface area (Å²) >= 11 is 7.17. The molecule has 0 unspecified atom stereocenters. The molecule has 2 aromatic rings. The second-order valence-corrected chi connectivity index (χ2v) is 7.71. The van der Waals surface area contributed by atoms with Crippen LogP contribution < -0.4 is 20.1 Å². The summed E-state index contributed by atoms with van der Waals surface area (Å²) in [5, 5.41) is 7.77. The van der Waals surface area contributed by atoms with Crippen molar-refractivity contribution in [2.75, 3.05) is 26.1 Å². The molecule has 2 N–H and O–H groups in total. The van der Waals surface area contributed by atoms with Crippen molar-refractivity contribution >= 4 is 39.4 Å². The van der Waals surface area contributed by atoms with Crippen LogP contribution >= 0.6 is 23.4 Å². The van der Waals surface area contributed by atoms with Crippen LogP contribution in [0.4, 0.5) is 10.1 Å². The zero-order valence-electron chi connectivity index (χ0n) is 16.8. The number of amidine groups is 2. The molecule has 0 amide bonds. The van der Waals surface area contributed by atoms with E-state index in [4.69, 9.17) is 21.1 Å². The number of aliphatic imine (C=N–C) groups is 2. The van der Waals surface area contributed by atoms with Crippen LogP contribution in [0.15, 0.2) is 58.3 Å². The quantitative estimate of drug-likeness (QED) is 0.590. The lowest BCUT2D eigenvalue weighted by Gasteiger charge is -2.16. The summed E-state index contributed by atoms with van der Waals surface area (Å²) in [6, 6.07) is 10.2. The summed E-state index contributed by atoms with van der Waals surface area (Å²) < 4.78 is 23.8. The maximum absolute atomic E-state index is 13.2. The number of allylic oxidation sites excluding steroid dienone is 1. The standard InChI is InChI=1S/C21H22ClFN4O2S/c1-13(24-9-8-14-4-6-16(28-2)11-19(14)29-3)12-25-20-27-21(30-20)26-15-5-7-18(23)17(22)10-15/h4-7,10-12,24H,8-9H2,1-3H3,(H,25,26,27)/b13-12-. The molecule has 1 heterocycles. The molecule has 1 aliphatic rings. The van der Waals surface area contributed by atoms with Gasteiger partial charge in [0.1, 0.15) is 17.3 Å². The van der Waals surface area contributed by atoms with E-state index < -0.39 is 5.82 Å². The van der Waals surface area contributed by atoms with Crippen LogP contribution in [0, 0.1) is 5.82 Å². The first kappa shape index (κ1) is 22.0. The third kappa shape index (κ3) is 5.90. The van der Waals surface area contributed by atoms with Gasteiger partial charge in [0.15, 0.2) is 10.3 Å². The molecule has 0 saturated carbocycles. The first-order valence-corrected chi connectivity index (χ1v) is 10.4. The molecule has 0 spiro atoms. The lowest BCUT2D eigenvalue weighted by molar-refractivity contribution is 0.391. The van der Waals surface area contributed by atoms with Crippen molar-refractivity contribution in [2.45, 2.75) is 13.3 Å². The first-order valence-electron chi connectivity index (χ1n) is 9.16. The van der Waals surface area contributed by atoms with Crippen LogP contribution in [0.25, 0.3) is 0 Å². The van der Waals surface area contributed by atoms with Crippen LogP contribution in [0.1, 0.15) is 12.5 Å². The minimum atomic E-state index is -0.453. The number of hydrogen-bond acceptors (Lipinski definition) is 6. The fourth-order valence-corrected chi connectivity index (χ4v) is 3.40. The van der Waals surface area contributed by atoms with Crippen molar-refractivity contribution in [3.05, 3.63) is 64.7 Å². The molecular weight excluding hydrogens is 427 g/mol. The Morgan fingerprint density at radius 3 is 2.73 bits per heavy atom. The predicted octanol–water partition coefficient (Wildman–Crippen LogP) is 5.06. The molecule has 30 heavy (non-hydrogen) atoms. The zero-order chi connectivity index (χ0) is 21.5. The number of benzene rings is 2. The average molecular weight is 449 g/mol. The van der Waals surface area contributed by atoms with Gasteiger partial charge in [-0.3, -0.25) is 0 Å². The number of halogens is 2. The molecule has 0 atom stereocenters. The van der Waals surface area contributed by atoms with Crippen molar-refractivity contribution < 1.29 is 13.9 Å². The lowest BCUT2D eigenvalue weighted by Crippen LogP contribution is -2.19. The minimum Gasteiger partial charge on any atom is -0.497 e. The van der Waals surface area contributed by atoms with Gasteiger partial charge in [-0.25, -0.2) is 9.38 Å². The largest absolute Gasteiger partial charge is 0.497 e. The molecular formula is C21H22ClFN4O2S. The summed E-state index contributed by atoms with van der Waals surface area (Å²) in [6.07, 6.45) is 2.54. The molecule has 0 saturated heterocycles. The van der Waals surface area contributed by atoms with E-state index in [1.165, 1.54) is 23.9 Å². The van der Waals surface area contributed by atoms with Crippen LogP contribution in [0.2, 0.25) is 5.02 Å². The van der Waals surface area contributed by atoms with Gasteiger partial charge in [0.05, 0.1) is 19.2 Å².